The largest absolute Gasteiger partial charge is 0.437 e. The molecule has 3 N–H and O–H groups in total. The number of aromatic amines is 1. The van der Waals surface area contributed by atoms with E-state index in [0.717, 1.165) is 11.1 Å². The van der Waals surface area contributed by atoms with Crippen LogP contribution in [0, 0.1) is 0 Å². The molecular weight excluding hydrogens is 404 g/mol. The van der Waals surface area contributed by atoms with E-state index in [-0.39, 0.29) is 5.41 Å². The third-order valence-corrected chi connectivity index (χ3v) is 4.73. The van der Waals surface area contributed by atoms with Crippen molar-refractivity contribution in [1.29, 1.82) is 0 Å². The summed E-state index contributed by atoms with van der Waals surface area (Å²) in [6.07, 6.45) is 3.06. The Labute approximate surface area is 186 Å². The molecule has 0 radical (unpaired) electrons. The molecule has 2 aromatic carbocycles. The molecule has 0 aliphatic heterocycles. The number of urea groups is 1. The van der Waals surface area contributed by atoms with E-state index < -0.39 is 6.03 Å². The maximum atomic E-state index is 12.7. The average Bonchev–Trinajstić information content (AvgIpc) is 3.30. The van der Waals surface area contributed by atoms with Crippen molar-refractivity contribution in [2.45, 2.75) is 26.2 Å². The predicted octanol–water partition coefficient (Wildman–Crippen LogP) is 5.60. The van der Waals surface area contributed by atoms with Crippen molar-refractivity contribution in [3.8, 4) is 23.0 Å². The molecule has 0 spiro atoms. The van der Waals surface area contributed by atoms with Crippen molar-refractivity contribution in [3.05, 3.63) is 78.8 Å². The van der Waals surface area contributed by atoms with E-state index in [4.69, 9.17) is 4.74 Å². The summed E-state index contributed by atoms with van der Waals surface area (Å²) < 4.78 is 6.11. The maximum absolute atomic E-state index is 12.7. The van der Waals surface area contributed by atoms with Gasteiger partial charge in [0.25, 0.3) is 0 Å². The van der Waals surface area contributed by atoms with Gasteiger partial charge in [-0.2, -0.15) is 5.10 Å². The van der Waals surface area contributed by atoms with Crippen molar-refractivity contribution >= 4 is 17.4 Å². The Kier molecular flexibility index (Phi) is 5.85. The number of rotatable bonds is 5. The number of benzene rings is 2. The Balaban J connectivity index is 1.51. The van der Waals surface area contributed by atoms with E-state index in [1.54, 1.807) is 30.5 Å². The van der Waals surface area contributed by atoms with Crippen molar-refractivity contribution in [2.24, 2.45) is 0 Å². The van der Waals surface area contributed by atoms with E-state index in [0.29, 0.717) is 28.8 Å². The summed E-state index contributed by atoms with van der Waals surface area (Å²) in [6.45, 7) is 6.35. The number of pyridine rings is 1. The second kappa shape index (κ2) is 8.89. The van der Waals surface area contributed by atoms with Crippen LogP contribution in [0.3, 0.4) is 0 Å². The highest BCUT2D eigenvalue weighted by Gasteiger charge is 2.20. The minimum Gasteiger partial charge on any atom is -0.437 e. The van der Waals surface area contributed by atoms with Crippen LogP contribution in [-0.2, 0) is 5.41 Å². The molecule has 2 heterocycles. The highest BCUT2D eigenvalue weighted by molar-refractivity contribution is 6.00. The van der Waals surface area contributed by atoms with Gasteiger partial charge in [-0.25, -0.2) is 14.8 Å². The van der Waals surface area contributed by atoms with Crippen molar-refractivity contribution in [2.75, 3.05) is 10.6 Å². The first-order chi connectivity index (χ1) is 15.4. The van der Waals surface area contributed by atoms with Gasteiger partial charge in [0, 0.05) is 23.0 Å². The molecule has 8 heteroatoms. The standard InChI is InChI=1S/C24H24N6O2/c1-24(2,3)18-10-4-5-12-20(18)32-22-19(11-7-13-25-22)29-23(31)28-17-9-6-8-16(14-17)21-26-15-27-30-21/h4-15H,1-3H3,(H,26,27,30)(H2,28,29,31). The number of nitrogens with one attached hydrogen (secondary N) is 3. The molecule has 4 aromatic rings. The fourth-order valence-electron chi connectivity index (χ4n) is 3.22. The zero-order valence-electron chi connectivity index (χ0n) is 18.1. The SMILES string of the molecule is CC(C)(C)c1ccccc1Oc1ncccc1NC(=O)Nc1cccc(-c2ncn[nH]2)c1. The number of H-pyrrole nitrogens is 1. The zero-order valence-corrected chi connectivity index (χ0v) is 18.1. The fourth-order valence-corrected chi connectivity index (χ4v) is 3.22. The molecule has 0 fully saturated rings. The molecule has 4 rings (SSSR count). The molecule has 0 aliphatic carbocycles. The molecule has 2 amide bonds. The average molecular weight is 428 g/mol. The fraction of sp³-hybridized carbons (Fsp3) is 0.167. The Morgan fingerprint density at radius 2 is 1.81 bits per heavy atom. The molecule has 0 saturated heterocycles. The number of hydrogen-bond donors (Lipinski definition) is 3. The Bertz CT molecular complexity index is 1220. The Hall–Kier alpha value is -4.20. The highest BCUT2D eigenvalue weighted by atomic mass is 16.5. The van der Waals surface area contributed by atoms with E-state index >= 15 is 0 Å². The van der Waals surface area contributed by atoms with E-state index in [2.05, 4.69) is 51.6 Å². The quantitative estimate of drug-likeness (QED) is 0.384. The first-order valence-corrected chi connectivity index (χ1v) is 10.2. The van der Waals surface area contributed by atoms with Gasteiger partial charge in [0.05, 0.1) is 0 Å². The van der Waals surface area contributed by atoms with Gasteiger partial charge in [-0.05, 0) is 35.7 Å². The van der Waals surface area contributed by atoms with Crippen LogP contribution in [-0.4, -0.2) is 26.2 Å². The predicted molar refractivity (Wildman–Crippen MR) is 124 cm³/mol. The monoisotopic (exact) mass is 428 g/mol. The van der Waals surface area contributed by atoms with Gasteiger partial charge in [-0.15, -0.1) is 0 Å². The number of ether oxygens (including phenoxy) is 1. The van der Waals surface area contributed by atoms with Gasteiger partial charge in [-0.3, -0.25) is 5.10 Å². The van der Waals surface area contributed by atoms with Crippen LogP contribution in [0.15, 0.2) is 73.2 Å². The molecule has 0 bridgehead atoms. The van der Waals surface area contributed by atoms with Crippen LogP contribution in [0.1, 0.15) is 26.3 Å². The van der Waals surface area contributed by atoms with Crippen molar-refractivity contribution in [1.82, 2.24) is 20.2 Å². The number of aromatic nitrogens is 4. The first kappa shape index (κ1) is 21.0. The summed E-state index contributed by atoms with van der Waals surface area (Å²) in [6, 6.07) is 18.2. The molecule has 32 heavy (non-hydrogen) atoms. The molecule has 0 atom stereocenters. The lowest BCUT2D eigenvalue weighted by atomic mass is 9.86. The summed E-state index contributed by atoms with van der Waals surface area (Å²) >= 11 is 0. The Morgan fingerprint density at radius 3 is 2.59 bits per heavy atom. The number of anilines is 2. The zero-order chi connectivity index (χ0) is 22.6. The summed E-state index contributed by atoms with van der Waals surface area (Å²) in [5, 5.41) is 12.3. The lowest BCUT2D eigenvalue weighted by Gasteiger charge is -2.22. The van der Waals surface area contributed by atoms with Gasteiger partial charge in [0.2, 0.25) is 5.88 Å². The molecule has 0 saturated carbocycles. The third kappa shape index (κ3) is 4.92. The van der Waals surface area contributed by atoms with E-state index in [1.165, 1.54) is 6.33 Å². The summed E-state index contributed by atoms with van der Waals surface area (Å²) in [5.41, 5.74) is 2.82. The number of hydrogen-bond acceptors (Lipinski definition) is 5. The lowest BCUT2D eigenvalue weighted by Crippen LogP contribution is -2.20. The molecule has 0 aliphatic rings. The van der Waals surface area contributed by atoms with Crippen LogP contribution in [0.25, 0.3) is 11.4 Å². The normalized spacial score (nSPS) is 11.1. The summed E-state index contributed by atoms with van der Waals surface area (Å²) in [5.74, 6) is 1.63. The maximum Gasteiger partial charge on any atom is 0.323 e. The topological polar surface area (TPSA) is 105 Å². The molecule has 2 aromatic heterocycles. The van der Waals surface area contributed by atoms with Crippen LogP contribution >= 0.6 is 0 Å². The van der Waals surface area contributed by atoms with Crippen LogP contribution < -0.4 is 15.4 Å². The number of amides is 2. The highest BCUT2D eigenvalue weighted by Crippen LogP contribution is 2.35. The van der Waals surface area contributed by atoms with Crippen molar-refractivity contribution < 1.29 is 9.53 Å². The second-order valence-electron chi connectivity index (χ2n) is 8.20. The van der Waals surface area contributed by atoms with Crippen molar-refractivity contribution in [3.63, 3.8) is 0 Å². The Morgan fingerprint density at radius 1 is 0.969 bits per heavy atom. The van der Waals surface area contributed by atoms with Gasteiger partial charge in [-0.1, -0.05) is 51.1 Å². The van der Waals surface area contributed by atoms with Crippen LogP contribution in [0.5, 0.6) is 11.6 Å². The number of nitrogens with zero attached hydrogens (tertiary/aromatic N) is 3. The summed E-state index contributed by atoms with van der Waals surface area (Å²) in [4.78, 5) is 21.1. The minimum atomic E-state index is -0.415. The van der Waals surface area contributed by atoms with Gasteiger partial charge >= 0.3 is 6.03 Å². The molecule has 0 unspecified atom stereocenters. The van der Waals surface area contributed by atoms with Crippen LogP contribution in [0.2, 0.25) is 0 Å². The molecular formula is C24H24N6O2. The smallest absolute Gasteiger partial charge is 0.323 e. The minimum absolute atomic E-state index is 0.106. The summed E-state index contributed by atoms with van der Waals surface area (Å²) in [7, 11) is 0. The third-order valence-electron chi connectivity index (χ3n) is 4.73. The van der Waals surface area contributed by atoms with E-state index in [9.17, 15) is 4.79 Å². The van der Waals surface area contributed by atoms with E-state index in [1.807, 2.05) is 36.4 Å². The number of carbonyl (C=O) groups excluding carboxylic acids is 1. The van der Waals surface area contributed by atoms with Gasteiger partial charge in [0.15, 0.2) is 5.82 Å². The molecule has 8 nitrogen and oxygen atoms in total. The first-order valence-electron chi connectivity index (χ1n) is 10.2. The van der Waals surface area contributed by atoms with Crippen LogP contribution in [0.4, 0.5) is 16.2 Å². The number of carbonyl (C=O) groups is 1. The number of para-hydroxylation sites is 1. The lowest BCUT2D eigenvalue weighted by molar-refractivity contribution is 0.262. The second-order valence-corrected chi connectivity index (χ2v) is 8.20. The van der Waals surface area contributed by atoms with Gasteiger partial charge in [0.1, 0.15) is 17.8 Å². The van der Waals surface area contributed by atoms with Gasteiger partial charge < -0.3 is 15.4 Å². The molecule has 162 valence electrons.